The molecule has 2 N–H and O–H groups in total. The Morgan fingerprint density at radius 3 is 2.47 bits per heavy atom. The molecular formula is C13H26N2O2. The molecule has 1 rings (SSSR count). The lowest BCUT2D eigenvalue weighted by Crippen LogP contribution is -2.55. The van der Waals surface area contributed by atoms with Crippen molar-refractivity contribution in [3.8, 4) is 0 Å². The first kappa shape index (κ1) is 14.5. The van der Waals surface area contributed by atoms with E-state index < -0.39 is 5.54 Å². The number of hydrogen-bond donors (Lipinski definition) is 1. The highest BCUT2D eigenvalue weighted by atomic mass is 16.5. The average Bonchev–Trinajstić information content (AvgIpc) is 2.29. The highest BCUT2D eigenvalue weighted by Gasteiger charge is 2.33. The molecule has 1 unspecified atom stereocenters. The van der Waals surface area contributed by atoms with Gasteiger partial charge in [-0.3, -0.25) is 4.79 Å². The van der Waals surface area contributed by atoms with Crippen LogP contribution in [0, 0.1) is 0 Å². The lowest BCUT2D eigenvalue weighted by Gasteiger charge is -2.36. The van der Waals surface area contributed by atoms with Gasteiger partial charge in [-0.05, 0) is 33.1 Å². The monoisotopic (exact) mass is 242 g/mol. The number of piperidine rings is 1. The predicted octanol–water partition coefficient (Wildman–Crippen LogP) is 1.53. The van der Waals surface area contributed by atoms with Gasteiger partial charge >= 0.3 is 0 Å². The average molecular weight is 242 g/mol. The molecule has 1 saturated heterocycles. The smallest absolute Gasteiger partial charge is 0.242 e. The van der Waals surface area contributed by atoms with E-state index in [2.05, 4.69) is 6.92 Å². The second-order valence-corrected chi connectivity index (χ2v) is 5.11. The van der Waals surface area contributed by atoms with Crippen LogP contribution < -0.4 is 5.73 Å². The SMILES string of the molecule is CCCC(C)(N)C(=O)N1CCC(OCC)CC1. The maximum Gasteiger partial charge on any atom is 0.242 e. The summed E-state index contributed by atoms with van der Waals surface area (Å²) in [7, 11) is 0. The zero-order valence-corrected chi connectivity index (χ0v) is 11.4. The maximum absolute atomic E-state index is 12.2. The van der Waals surface area contributed by atoms with E-state index in [1.807, 2.05) is 18.7 Å². The Morgan fingerprint density at radius 1 is 1.41 bits per heavy atom. The van der Waals surface area contributed by atoms with Gasteiger partial charge in [-0.15, -0.1) is 0 Å². The molecule has 1 heterocycles. The first-order chi connectivity index (χ1) is 8.01. The Morgan fingerprint density at radius 2 is 2.00 bits per heavy atom. The highest BCUT2D eigenvalue weighted by Crippen LogP contribution is 2.19. The van der Waals surface area contributed by atoms with Crippen LogP contribution in [-0.2, 0) is 9.53 Å². The van der Waals surface area contributed by atoms with Crippen molar-refractivity contribution in [2.24, 2.45) is 5.73 Å². The van der Waals surface area contributed by atoms with Crippen LogP contribution in [0.4, 0.5) is 0 Å². The summed E-state index contributed by atoms with van der Waals surface area (Å²) in [6.07, 6.45) is 3.87. The predicted molar refractivity (Wildman–Crippen MR) is 68.7 cm³/mol. The summed E-state index contributed by atoms with van der Waals surface area (Å²) in [4.78, 5) is 14.1. The van der Waals surface area contributed by atoms with Crippen LogP contribution in [0.1, 0.15) is 46.5 Å². The normalized spacial score (nSPS) is 21.3. The van der Waals surface area contributed by atoms with Crippen molar-refractivity contribution in [1.82, 2.24) is 4.90 Å². The second-order valence-electron chi connectivity index (χ2n) is 5.11. The number of ether oxygens (including phenoxy) is 1. The van der Waals surface area contributed by atoms with Gasteiger partial charge in [0.15, 0.2) is 0 Å². The van der Waals surface area contributed by atoms with Crippen LogP contribution in [0.2, 0.25) is 0 Å². The van der Waals surface area contributed by atoms with Gasteiger partial charge in [-0.2, -0.15) is 0 Å². The molecule has 0 radical (unpaired) electrons. The lowest BCUT2D eigenvalue weighted by molar-refractivity contribution is -0.139. The van der Waals surface area contributed by atoms with Crippen LogP contribution >= 0.6 is 0 Å². The van der Waals surface area contributed by atoms with Gasteiger partial charge in [0.25, 0.3) is 0 Å². The van der Waals surface area contributed by atoms with Crippen molar-refractivity contribution in [3.05, 3.63) is 0 Å². The molecule has 0 aliphatic carbocycles. The summed E-state index contributed by atoms with van der Waals surface area (Å²) < 4.78 is 5.57. The number of rotatable bonds is 5. The third-order valence-electron chi connectivity index (χ3n) is 3.39. The number of nitrogens with zero attached hydrogens (tertiary/aromatic N) is 1. The molecule has 1 amide bonds. The fraction of sp³-hybridized carbons (Fsp3) is 0.923. The highest BCUT2D eigenvalue weighted by molar-refractivity contribution is 5.85. The van der Waals surface area contributed by atoms with Crippen molar-refractivity contribution in [3.63, 3.8) is 0 Å². The first-order valence-electron chi connectivity index (χ1n) is 6.71. The van der Waals surface area contributed by atoms with E-state index in [-0.39, 0.29) is 5.91 Å². The lowest BCUT2D eigenvalue weighted by atomic mass is 9.94. The number of hydrogen-bond acceptors (Lipinski definition) is 3. The Kier molecular flexibility index (Phi) is 5.40. The third kappa shape index (κ3) is 3.96. The number of amides is 1. The minimum absolute atomic E-state index is 0.0919. The van der Waals surface area contributed by atoms with Gasteiger partial charge < -0.3 is 15.4 Å². The molecule has 4 nitrogen and oxygen atoms in total. The minimum Gasteiger partial charge on any atom is -0.378 e. The first-order valence-corrected chi connectivity index (χ1v) is 6.71. The van der Waals surface area contributed by atoms with Crippen LogP contribution in [-0.4, -0.2) is 42.1 Å². The Balaban J connectivity index is 2.45. The zero-order valence-electron chi connectivity index (χ0n) is 11.4. The molecule has 0 aromatic heterocycles. The molecule has 0 aromatic rings. The van der Waals surface area contributed by atoms with E-state index in [4.69, 9.17) is 10.5 Å². The van der Waals surface area contributed by atoms with Gasteiger partial charge in [0.2, 0.25) is 5.91 Å². The molecule has 1 fully saturated rings. The Labute approximate surface area is 104 Å². The number of carbonyl (C=O) groups is 1. The molecule has 0 saturated carbocycles. The van der Waals surface area contributed by atoms with Gasteiger partial charge in [0, 0.05) is 19.7 Å². The summed E-state index contributed by atoms with van der Waals surface area (Å²) in [5, 5.41) is 0. The summed E-state index contributed by atoms with van der Waals surface area (Å²) in [5.41, 5.74) is 5.37. The van der Waals surface area contributed by atoms with E-state index in [9.17, 15) is 4.79 Å². The van der Waals surface area contributed by atoms with E-state index in [1.165, 1.54) is 0 Å². The van der Waals surface area contributed by atoms with E-state index in [1.54, 1.807) is 0 Å². The van der Waals surface area contributed by atoms with Crippen LogP contribution in [0.5, 0.6) is 0 Å². The zero-order chi connectivity index (χ0) is 12.9. The van der Waals surface area contributed by atoms with E-state index >= 15 is 0 Å². The number of carbonyl (C=O) groups excluding carboxylic acids is 1. The maximum atomic E-state index is 12.2. The van der Waals surface area contributed by atoms with E-state index in [0.29, 0.717) is 6.10 Å². The quantitative estimate of drug-likeness (QED) is 0.795. The van der Waals surface area contributed by atoms with Gasteiger partial charge in [-0.1, -0.05) is 13.3 Å². The minimum atomic E-state index is -0.701. The van der Waals surface area contributed by atoms with E-state index in [0.717, 1.165) is 45.4 Å². The van der Waals surface area contributed by atoms with Crippen LogP contribution in [0.15, 0.2) is 0 Å². The Hall–Kier alpha value is -0.610. The fourth-order valence-electron chi connectivity index (χ4n) is 2.45. The van der Waals surface area contributed by atoms with Gasteiger partial charge in [0.1, 0.15) is 0 Å². The molecule has 0 aromatic carbocycles. The molecule has 0 bridgehead atoms. The van der Waals surface area contributed by atoms with Crippen molar-refractivity contribution in [2.75, 3.05) is 19.7 Å². The Bertz CT molecular complexity index is 246. The molecule has 100 valence electrons. The summed E-state index contributed by atoms with van der Waals surface area (Å²) in [5.74, 6) is 0.0919. The van der Waals surface area contributed by atoms with Gasteiger partial charge in [0.05, 0.1) is 11.6 Å². The van der Waals surface area contributed by atoms with Crippen molar-refractivity contribution >= 4 is 5.91 Å². The molecule has 0 spiro atoms. The summed E-state index contributed by atoms with van der Waals surface area (Å²) in [6.45, 7) is 8.21. The molecule has 17 heavy (non-hydrogen) atoms. The molecule has 1 atom stereocenters. The molecule has 4 heteroatoms. The fourth-order valence-corrected chi connectivity index (χ4v) is 2.45. The third-order valence-corrected chi connectivity index (χ3v) is 3.39. The second kappa shape index (κ2) is 6.36. The summed E-state index contributed by atoms with van der Waals surface area (Å²) in [6, 6.07) is 0. The molecular weight excluding hydrogens is 216 g/mol. The summed E-state index contributed by atoms with van der Waals surface area (Å²) >= 11 is 0. The van der Waals surface area contributed by atoms with Crippen LogP contribution in [0.25, 0.3) is 0 Å². The molecule has 1 aliphatic rings. The van der Waals surface area contributed by atoms with Crippen LogP contribution in [0.3, 0.4) is 0 Å². The number of likely N-dealkylation sites (tertiary alicyclic amines) is 1. The van der Waals surface area contributed by atoms with Crippen molar-refractivity contribution < 1.29 is 9.53 Å². The molecule has 1 aliphatic heterocycles. The van der Waals surface area contributed by atoms with Crippen molar-refractivity contribution in [2.45, 2.75) is 58.1 Å². The van der Waals surface area contributed by atoms with Crippen molar-refractivity contribution in [1.29, 1.82) is 0 Å². The number of nitrogens with two attached hydrogens (primary N) is 1. The largest absolute Gasteiger partial charge is 0.378 e. The van der Waals surface area contributed by atoms with Gasteiger partial charge in [-0.25, -0.2) is 0 Å². The topological polar surface area (TPSA) is 55.6 Å². The standard InChI is InChI=1S/C13H26N2O2/c1-4-8-13(3,14)12(16)15-9-6-11(7-10-15)17-5-2/h11H,4-10,14H2,1-3H3.